The number of hydrogen-bond acceptors (Lipinski definition) is 4. The predicted octanol–water partition coefficient (Wildman–Crippen LogP) is 1.05. The van der Waals surface area contributed by atoms with E-state index in [0.29, 0.717) is 13.2 Å². The van der Waals surface area contributed by atoms with Crippen LogP contribution in [0, 0.1) is 6.92 Å². The van der Waals surface area contributed by atoms with E-state index in [1.165, 1.54) is 0 Å². The number of carboxylic acid groups (broad SMARTS) is 1. The van der Waals surface area contributed by atoms with Gasteiger partial charge in [-0.25, -0.2) is 4.79 Å². The molecule has 1 aliphatic rings. The minimum atomic E-state index is -0.954. The molecule has 0 amide bonds. The molecule has 1 aromatic rings. The first kappa shape index (κ1) is 13.6. The van der Waals surface area contributed by atoms with E-state index in [1.807, 2.05) is 14.0 Å². The van der Waals surface area contributed by atoms with Gasteiger partial charge in [0.05, 0.1) is 24.9 Å². The Balaban J connectivity index is 2.40. The summed E-state index contributed by atoms with van der Waals surface area (Å²) in [5.41, 5.74) is 1.69. The van der Waals surface area contributed by atoms with Crippen LogP contribution in [0.5, 0.6) is 0 Å². The summed E-state index contributed by atoms with van der Waals surface area (Å²) in [6.45, 7) is 6.11. The van der Waals surface area contributed by atoms with Crippen molar-refractivity contribution in [3.05, 3.63) is 17.3 Å². The molecule has 2 heterocycles. The summed E-state index contributed by atoms with van der Waals surface area (Å²) in [5, 5.41) is 13.2. The number of rotatable bonds is 3. The van der Waals surface area contributed by atoms with Gasteiger partial charge in [-0.15, -0.1) is 0 Å². The van der Waals surface area contributed by atoms with Crippen molar-refractivity contribution in [2.75, 3.05) is 24.7 Å². The van der Waals surface area contributed by atoms with E-state index in [-0.39, 0.29) is 6.04 Å². The highest BCUT2D eigenvalue weighted by Gasteiger charge is 2.25. The summed E-state index contributed by atoms with van der Waals surface area (Å²) in [4.78, 5) is 12.9. The fourth-order valence-corrected chi connectivity index (χ4v) is 2.39. The van der Waals surface area contributed by atoms with Crippen LogP contribution < -0.4 is 4.90 Å². The van der Waals surface area contributed by atoms with Gasteiger partial charge in [0.2, 0.25) is 0 Å². The van der Waals surface area contributed by atoms with Gasteiger partial charge < -0.3 is 14.7 Å². The number of aryl methyl sites for hydroxylation is 2. The monoisotopic (exact) mass is 265 g/mol. The Hall–Kier alpha value is -1.82. The highest BCUT2D eigenvalue weighted by atomic mass is 16.5. The van der Waals surface area contributed by atoms with Crippen molar-refractivity contribution in [3.63, 3.8) is 0 Å². The van der Waals surface area contributed by atoms with E-state index in [9.17, 15) is 4.79 Å². The van der Waals surface area contributed by atoms with Crippen LogP contribution in [-0.4, -0.2) is 46.7 Å². The third-order valence-corrected chi connectivity index (χ3v) is 3.27. The first-order valence-electron chi connectivity index (χ1n) is 6.29. The van der Waals surface area contributed by atoms with Gasteiger partial charge in [-0.1, -0.05) is 0 Å². The van der Waals surface area contributed by atoms with Crippen molar-refractivity contribution in [2.24, 2.45) is 7.05 Å². The maximum Gasteiger partial charge on any atom is 0.328 e. The highest BCUT2D eigenvalue weighted by molar-refractivity contribution is 5.87. The second kappa shape index (κ2) is 5.44. The summed E-state index contributed by atoms with van der Waals surface area (Å²) in [6.07, 6.45) is 2.76. The van der Waals surface area contributed by atoms with Crippen LogP contribution in [0.25, 0.3) is 6.08 Å². The molecule has 0 spiro atoms. The lowest BCUT2D eigenvalue weighted by Crippen LogP contribution is -2.44. The Morgan fingerprint density at radius 1 is 1.58 bits per heavy atom. The topological polar surface area (TPSA) is 67.6 Å². The molecular weight excluding hydrogens is 246 g/mol. The third-order valence-electron chi connectivity index (χ3n) is 3.27. The summed E-state index contributed by atoms with van der Waals surface area (Å²) in [7, 11) is 1.88. The second-order valence-corrected chi connectivity index (χ2v) is 4.74. The smallest absolute Gasteiger partial charge is 0.328 e. The predicted molar refractivity (Wildman–Crippen MR) is 72.2 cm³/mol. The number of anilines is 1. The summed E-state index contributed by atoms with van der Waals surface area (Å²) >= 11 is 0. The fourth-order valence-electron chi connectivity index (χ4n) is 2.39. The number of ether oxygens (including phenoxy) is 1. The lowest BCUT2D eigenvalue weighted by Gasteiger charge is -2.35. The van der Waals surface area contributed by atoms with Crippen molar-refractivity contribution >= 4 is 17.9 Å². The Kier molecular flexibility index (Phi) is 3.90. The highest BCUT2D eigenvalue weighted by Crippen LogP contribution is 2.27. The lowest BCUT2D eigenvalue weighted by molar-refractivity contribution is -0.131. The van der Waals surface area contributed by atoms with Crippen LogP contribution in [0.4, 0.5) is 5.82 Å². The number of hydrogen-bond donors (Lipinski definition) is 1. The van der Waals surface area contributed by atoms with Crippen LogP contribution in [0.3, 0.4) is 0 Å². The molecule has 2 rings (SSSR count). The molecule has 6 nitrogen and oxygen atoms in total. The fraction of sp³-hybridized carbons (Fsp3) is 0.538. The van der Waals surface area contributed by atoms with Crippen molar-refractivity contribution in [1.29, 1.82) is 0 Å². The van der Waals surface area contributed by atoms with Crippen LogP contribution in [-0.2, 0) is 16.6 Å². The van der Waals surface area contributed by atoms with Gasteiger partial charge in [0, 0.05) is 25.2 Å². The van der Waals surface area contributed by atoms with Crippen molar-refractivity contribution in [2.45, 2.75) is 19.9 Å². The number of nitrogens with zero attached hydrogens (tertiary/aromatic N) is 3. The number of morpholine rings is 1. The molecule has 1 fully saturated rings. The van der Waals surface area contributed by atoms with Crippen LogP contribution in [0.15, 0.2) is 6.08 Å². The lowest BCUT2D eigenvalue weighted by atomic mass is 10.1. The SMILES string of the molecule is Cc1nn(C)c(N2CCOCC2C)c1/C=C/C(=O)O. The average Bonchev–Trinajstić information content (AvgIpc) is 2.62. The Labute approximate surface area is 112 Å². The van der Waals surface area contributed by atoms with E-state index in [4.69, 9.17) is 9.84 Å². The van der Waals surface area contributed by atoms with Crippen molar-refractivity contribution < 1.29 is 14.6 Å². The maximum absolute atomic E-state index is 10.7. The molecule has 104 valence electrons. The first-order valence-corrected chi connectivity index (χ1v) is 6.29. The normalized spacial score (nSPS) is 20.2. The van der Waals surface area contributed by atoms with Crippen LogP contribution in [0.1, 0.15) is 18.2 Å². The van der Waals surface area contributed by atoms with Gasteiger partial charge in [-0.3, -0.25) is 4.68 Å². The largest absolute Gasteiger partial charge is 0.478 e. The molecule has 1 N–H and O–H groups in total. The quantitative estimate of drug-likeness (QED) is 0.827. The average molecular weight is 265 g/mol. The molecule has 1 saturated heterocycles. The van der Waals surface area contributed by atoms with Gasteiger partial charge in [0.1, 0.15) is 5.82 Å². The minimum absolute atomic E-state index is 0.250. The Morgan fingerprint density at radius 2 is 2.32 bits per heavy atom. The number of aromatic nitrogens is 2. The molecule has 0 saturated carbocycles. The molecular formula is C13H19N3O3. The third kappa shape index (κ3) is 2.78. The first-order chi connectivity index (χ1) is 9.00. The van der Waals surface area contributed by atoms with Gasteiger partial charge in [0.25, 0.3) is 0 Å². The minimum Gasteiger partial charge on any atom is -0.478 e. The summed E-state index contributed by atoms with van der Waals surface area (Å²) < 4.78 is 7.24. The Morgan fingerprint density at radius 3 is 2.95 bits per heavy atom. The van der Waals surface area contributed by atoms with Crippen molar-refractivity contribution in [3.8, 4) is 0 Å². The molecule has 19 heavy (non-hydrogen) atoms. The standard InChI is InChI=1S/C13H19N3O3/c1-9-8-19-7-6-16(9)13-11(4-5-12(17)18)10(2)14-15(13)3/h4-5,9H,6-8H2,1-3H3,(H,17,18)/b5-4+. The molecule has 1 aromatic heterocycles. The number of carbonyl (C=O) groups is 1. The molecule has 0 bridgehead atoms. The zero-order valence-corrected chi connectivity index (χ0v) is 11.5. The molecule has 6 heteroatoms. The summed E-state index contributed by atoms with van der Waals surface area (Å²) in [6, 6.07) is 0.250. The van der Waals surface area contributed by atoms with Gasteiger partial charge in [-0.2, -0.15) is 5.10 Å². The molecule has 0 aliphatic carbocycles. The molecule has 1 atom stereocenters. The van der Waals surface area contributed by atoms with Crippen LogP contribution >= 0.6 is 0 Å². The van der Waals surface area contributed by atoms with Crippen molar-refractivity contribution in [1.82, 2.24) is 9.78 Å². The maximum atomic E-state index is 10.7. The van der Waals surface area contributed by atoms with Gasteiger partial charge in [0.15, 0.2) is 0 Å². The van der Waals surface area contributed by atoms with Gasteiger partial charge >= 0.3 is 5.97 Å². The van der Waals surface area contributed by atoms with E-state index in [0.717, 1.165) is 29.7 Å². The molecule has 1 aliphatic heterocycles. The number of aliphatic carboxylic acids is 1. The summed E-state index contributed by atoms with van der Waals surface area (Å²) in [5.74, 6) is -0.00460. The number of carboxylic acids is 1. The van der Waals surface area contributed by atoms with E-state index in [1.54, 1.807) is 10.8 Å². The second-order valence-electron chi connectivity index (χ2n) is 4.74. The van der Waals surface area contributed by atoms with E-state index >= 15 is 0 Å². The van der Waals surface area contributed by atoms with E-state index < -0.39 is 5.97 Å². The molecule has 1 unspecified atom stereocenters. The van der Waals surface area contributed by atoms with E-state index in [2.05, 4.69) is 16.9 Å². The van der Waals surface area contributed by atoms with Gasteiger partial charge in [-0.05, 0) is 19.9 Å². The Bertz CT molecular complexity index is 507. The zero-order chi connectivity index (χ0) is 14.0. The molecule has 0 radical (unpaired) electrons. The molecule has 0 aromatic carbocycles. The zero-order valence-electron chi connectivity index (χ0n) is 11.5. The van der Waals surface area contributed by atoms with Crippen LogP contribution in [0.2, 0.25) is 0 Å².